The maximum absolute atomic E-state index is 4.68. The number of benzene rings is 2. The fraction of sp³-hybridized carbons (Fsp3) is 0.238. The fourth-order valence-corrected chi connectivity index (χ4v) is 4.26. The van der Waals surface area contributed by atoms with Gasteiger partial charge in [0.25, 0.3) is 0 Å². The second-order valence-electron chi connectivity index (χ2n) is 6.99. The van der Waals surface area contributed by atoms with E-state index in [4.69, 9.17) is 0 Å². The molecule has 142 valence electrons. The van der Waals surface area contributed by atoms with E-state index < -0.39 is 0 Å². The Balaban J connectivity index is 1.64. The Labute approximate surface area is 168 Å². The molecule has 0 bridgehead atoms. The number of aromatic nitrogens is 4. The Hall–Kier alpha value is -3.06. The molecule has 4 rings (SSSR count). The normalized spacial score (nSPS) is 11.0. The van der Waals surface area contributed by atoms with E-state index in [1.54, 1.807) is 11.3 Å². The number of anilines is 4. The number of hydrogen-bond acceptors (Lipinski definition) is 7. The average molecular weight is 391 g/mol. The lowest BCUT2D eigenvalue weighted by atomic mass is 10.1. The second-order valence-corrected chi connectivity index (χ2v) is 8.02. The zero-order valence-corrected chi connectivity index (χ0v) is 17.4. The molecule has 6 nitrogen and oxygen atoms in total. The molecule has 0 fully saturated rings. The van der Waals surface area contributed by atoms with E-state index in [-0.39, 0.29) is 0 Å². The van der Waals surface area contributed by atoms with Crippen molar-refractivity contribution < 1.29 is 0 Å². The van der Waals surface area contributed by atoms with Crippen LogP contribution >= 0.6 is 11.3 Å². The molecule has 0 aliphatic carbocycles. The van der Waals surface area contributed by atoms with Crippen molar-refractivity contribution in [2.75, 3.05) is 10.6 Å². The molecule has 2 aromatic carbocycles. The molecule has 0 atom stereocenters. The topological polar surface area (TPSA) is 75.6 Å². The van der Waals surface area contributed by atoms with E-state index in [1.165, 1.54) is 5.56 Å². The minimum absolute atomic E-state index is 0.481. The van der Waals surface area contributed by atoms with E-state index in [1.807, 2.05) is 13.0 Å². The Kier molecular flexibility index (Phi) is 4.68. The Bertz CT molecular complexity index is 1160. The molecule has 0 amide bonds. The quantitative estimate of drug-likeness (QED) is 0.478. The molecule has 0 unspecified atom stereocenters. The van der Waals surface area contributed by atoms with Crippen LogP contribution in [0.2, 0.25) is 0 Å². The van der Waals surface area contributed by atoms with Crippen molar-refractivity contribution >= 4 is 44.3 Å². The van der Waals surface area contributed by atoms with Crippen LogP contribution in [0.3, 0.4) is 0 Å². The lowest BCUT2D eigenvalue weighted by molar-refractivity contribution is 0.987. The van der Waals surface area contributed by atoms with E-state index in [0.717, 1.165) is 37.7 Å². The number of aryl methyl sites for hydroxylation is 5. The van der Waals surface area contributed by atoms with Crippen molar-refractivity contribution in [3.8, 4) is 0 Å². The molecule has 2 N–H and O–H groups in total. The first kappa shape index (κ1) is 18.3. The molecule has 0 aliphatic rings. The van der Waals surface area contributed by atoms with Gasteiger partial charge in [-0.1, -0.05) is 41.2 Å². The minimum Gasteiger partial charge on any atom is -0.324 e. The van der Waals surface area contributed by atoms with Crippen molar-refractivity contribution in [2.45, 2.75) is 34.6 Å². The lowest BCUT2D eigenvalue weighted by Crippen LogP contribution is -2.06. The molecular weight excluding hydrogens is 368 g/mol. The van der Waals surface area contributed by atoms with Gasteiger partial charge in [0.1, 0.15) is 5.82 Å². The largest absolute Gasteiger partial charge is 0.324 e. The van der Waals surface area contributed by atoms with Gasteiger partial charge < -0.3 is 5.32 Å². The van der Waals surface area contributed by atoms with Crippen molar-refractivity contribution in [3.63, 3.8) is 0 Å². The average Bonchev–Trinajstić information content (AvgIpc) is 3.01. The molecule has 0 saturated heterocycles. The van der Waals surface area contributed by atoms with Crippen LogP contribution in [0.5, 0.6) is 0 Å². The first-order chi connectivity index (χ1) is 13.4. The van der Waals surface area contributed by atoms with Crippen molar-refractivity contribution in [1.29, 1.82) is 0 Å². The lowest BCUT2D eigenvalue weighted by Gasteiger charge is -2.13. The summed E-state index contributed by atoms with van der Waals surface area (Å²) >= 11 is 1.59. The number of hydrogen-bond donors (Lipinski definition) is 2. The van der Waals surface area contributed by atoms with Gasteiger partial charge in [-0.25, -0.2) is 4.98 Å². The number of rotatable bonds is 4. The highest BCUT2D eigenvalue weighted by Crippen LogP contribution is 2.30. The number of thiazole rings is 1. The molecule has 28 heavy (non-hydrogen) atoms. The third-order valence-electron chi connectivity index (χ3n) is 4.50. The zero-order chi connectivity index (χ0) is 19.8. The summed E-state index contributed by atoms with van der Waals surface area (Å²) in [5, 5.41) is 7.35. The number of nitrogens with zero attached hydrogens (tertiary/aromatic N) is 4. The predicted molar refractivity (Wildman–Crippen MR) is 116 cm³/mol. The van der Waals surface area contributed by atoms with Gasteiger partial charge in [-0.05, 0) is 57.4 Å². The highest BCUT2D eigenvalue weighted by Gasteiger charge is 2.11. The highest BCUT2D eigenvalue weighted by atomic mass is 32.1. The third kappa shape index (κ3) is 3.66. The summed E-state index contributed by atoms with van der Waals surface area (Å²) in [6, 6.07) is 10.5. The maximum atomic E-state index is 4.68. The van der Waals surface area contributed by atoms with Crippen LogP contribution in [0.4, 0.5) is 22.7 Å². The van der Waals surface area contributed by atoms with Crippen LogP contribution in [0.25, 0.3) is 10.2 Å². The van der Waals surface area contributed by atoms with E-state index in [0.29, 0.717) is 17.7 Å². The zero-order valence-electron chi connectivity index (χ0n) is 16.6. The van der Waals surface area contributed by atoms with E-state index in [2.05, 4.69) is 82.5 Å². The monoisotopic (exact) mass is 390 g/mol. The molecule has 0 aliphatic heterocycles. The Morgan fingerprint density at radius 2 is 1.43 bits per heavy atom. The summed E-state index contributed by atoms with van der Waals surface area (Å²) in [5.74, 6) is 1.64. The fourth-order valence-electron chi connectivity index (χ4n) is 3.32. The van der Waals surface area contributed by atoms with Gasteiger partial charge in [0.2, 0.25) is 11.9 Å². The van der Waals surface area contributed by atoms with Crippen molar-refractivity contribution in [2.24, 2.45) is 0 Å². The van der Waals surface area contributed by atoms with Crippen molar-refractivity contribution in [3.05, 3.63) is 58.4 Å². The Morgan fingerprint density at radius 3 is 2.11 bits per heavy atom. The van der Waals surface area contributed by atoms with E-state index in [9.17, 15) is 0 Å². The van der Waals surface area contributed by atoms with Crippen LogP contribution in [-0.2, 0) is 0 Å². The molecule has 2 heterocycles. The summed E-state index contributed by atoms with van der Waals surface area (Å²) in [6.07, 6.45) is 0. The van der Waals surface area contributed by atoms with E-state index >= 15 is 0 Å². The summed E-state index contributed by atoms with van der Waals surface area (Å²) in [5.41, 5.74) is 6.74. The van der Waals surface area contributed by atoms with Gasteiger partial charge in [0.05, 0.1) is 10.2 Å². The van der Waals surface area contributed by atoms with Crippen molar-refractivity contribution in [1.82, 2.24) is 19.9 Å². The van der Waals surface area contributed by atoms with Crippen LogP contribution in [0, 0.1) is 34.6 Å². The Morgan fingerprint density at radius 1 is 0.750 bits per heavy atom. The van der Waals surface area contributed by atoms with Gasteiger partial charge in [-0.2, -0.15) is 15.0 Å². The molecule has 7 heteroatoms. The minimum atomic E-state index is 0.481. The van der Waals surface area contributed by atoms with Gasteiger partial charge in [-0.3, -0.25) is 5.32 Å². The molecule has 0 saturated carbocycles. The van der Waals surface area contributed by atoms with Crippen LogP contribution in [0.15, 0.2) is 30.3 Å². The number of para-hydroxylation sites is 1. The highest BCUT2D eigenvalue weighted by molar-refractivity contribution is 7.22. The summed E-state index contributed by atoms with van der Waals surface area (Å²) < 4.78 is 1.14. The molecule has 0 spiro atoms. The molecule has 4 aromatic rings. The molecule has 0 radical (unpaired) electrons. The van der Waals surface area contributed by atoms with Gasteiger partial charge in [0.15, 0.2) is 5.13 Å². The summed E-state index contributed by atoms with van der Waals surface area (Å²) in [7, 11) is 0. The van der Waals surface area contributed by atoms with Crippen LogP contribution < -0.4 is 10.6 Å². The number of nitrogens with one attached hydrogen (secondary N) is 2. The van der Waals surface area contributed by atoms with Crippen LogP contribution in [0.1, 0.15) is 28.1 Å². The van der Waals surface area contributed by atoms with Gasteiger partial charge in [0, 0.05) is 5.69 Å². The molecule has 2 aromatic heterocycles. The summed E-state index contributed by atoms with van der Waals surface area (Å²) in [4.78, 5) is 18.1. The van der Waals surface area contributed by atoms with Crippen LogP contribution in [-0.4, -0.2) is 19.9 Å². The third-order valence-corrected chi connectivity index (χ3v) is 5.44. The smallest absolute Gasteiger partial charge is 0.234 e. The summed E-state index contributed by atoms with van der Waals surface area (Å²) in [6.45, 7) is 10.2. The van der Waals surface area contributed by atoms with Gasteiger partial charge >= 0.3 is 0 Å². The van der Waals surface area contributed by atoms with Gasteiger partial charge in [-0.15, -0.1) is 0 Å². The SMILES string of the molecule is Cc1cc(C)c(Nc2nc(C)nc(Nc3nc4c(C)cccc4s3)n2)c(C)c1. The number of fused-ring (bicyclic) bond motifs is 1. The first-order valence-electron chi connectivity index (χ1n) is 9.10. The second kappa shape index (κ2) is 7.16. The standard InChI is InChI=1S/C21H22N6S/c1-11-9-13(3)17(14(4)10-11)24-19-22-15(5)23-20(26-19)27-21-25-18-12(2)7-6-8-16(18)28-21/h6-10H,1-5H3,(H2,22,23,24,25,26,27). The first-order valence-corrected chi connectivity index (χ1v) is 9.91. The maximum Gasteiger partial charge on any atom is 0.234 e. The molecular formula is C21H22N6S. The predicted octanol–water partition coefficient (Wildman–Crippen LogP) is 5.51.